The van der Waals surface area contributed by atoms with E-state index < -0.39 is 0 Å². The zero-order valence-electron chi connectivity index (χ0n) is 14.1. The fourth-order valence-corrected chi connectivity index (χ4v) is 2.86. The number of benzene rings is 2. The first-order chi connectivity index (χ1) is 11.6. The predicted octanol–water partition coefficient (Wildman–Crippen LogP) is 3.27. The summed E-state index contributed by atoms with van der Waals surface area (Å²) in [6.45, 7) is 2.04. The van der Waals surface area contributed by atoms with Crippen molar-refractivity contribution in [3.8, 4) is 5.75 Å². The zero-order chi connectivity index (χ0) is 17.1. The van der Waals surface area contributed by atoms with E-state index in [4.69, 9.17) is 4.74 Å². The van der Waals surface area contributed by atoms with Gasteiger partial charge in [0.2, 0.25) is 0 Å². The molecule has 0 saturated carbocycles. The van der Waals surface area contributed by atoms with Crippen molar-refractivity contribution >= 4 is 16.8 Å². The summed E-state index contributed by atoms with van der Waals surface area (Å²) in [6.07, 6.45) is 2.45. The number of fused-ring (bicyclic) bond motifs is 1. The van der Waals surface area contributed by atoms with Crippen LogP contribution in [-0.2, 0) is 6.42 Å². The number of hydrogen-bond acceptors (Lipinski definition) is 3. The van der Waals surface area contributed by atoms with Crippen molar-refractivity contribution < 1.29 is 9.53 Å². The molecule has 0 bridgehead atoms. The van der Waals surface area contributed by atoms with Crippen molar-refractivity contribution in [1.29, 1.82) is 0 Å². The Bertz CT molecular complexity index is 856. The van der Waals surface area contributed by atoms with Crippen molar-refractivity contribution in [3.63, 3.8) is 0 Å². The molecule has 2 aromatic carbocycles. The second kappa shape index (κ2) is 6.74. The van der Waals surface area contributed by atoms with Crippen LogP contribution in [0.15, 0.2) is 48.7 Å². The van der Waals surface area contributed by atoms with Gasteiger partial charge in [0.1, 0.15) is 5.75 Å². The van der Waals surface area contributed by atoms with Gasteiger partial charge in [-0.15, -0.1) is 0 Å². The van der Waals surface area contributed by atoms with Crippen LogP contribution in [-0.4, -0.2) is 41.2 Å². The molecule has 0 radical (unpaired) electrons. The standard InChI is InChI=1S/C19H21N3O2/c1-13(11-14-7-4-5-10-17(14)24-3)22(2)19(23)16-9-6-8-15-12-20-21-18(15)16/h4-10,12-13H,11H2,1-3H3,(H,20,21)/t13-/m0/s1. The summed E-state index contributed by atoms with van der Waals surface area (Å²) in [5, 5.41) is 7.88. The first-order valence-corrected chi connectivity index (χ1v) is 7.93. The van der Waals surface area contributed by atoms with Crippen LogP contribution in [0.4, 0.5) is 0 Å². The highest BCUT2D eigenvalue weighted by Gasteiger charge is 2.21. The van der Waals surface area contributed by atoms with Crippen molar-refractivity contribution in [1.82, 2.24) is 15.1 Å². The molecule has 1 heterocycles. The molecule has 3 aromatic rings. The number of methoxy groups -OCH3 is 1. The van der Waals surface area contributed by atoms with Crippen molar-refractivity contribution in [2.24, 2.45) is 0 Å². The van der Waals surface area contributed by atoms with Gasteiger partial charge in [0, 0.05) is 18.5 Å². The normalized spacial score (nSPS) is 12.1. The average molecular weight is 323 g/mol. The number of carbonyl (C=O) groups excluding carboxylic acids is 1. The maximum Gasteiger partial charge on any atom is 0.256 e. The minimum absolute atomic E-state index is 0.0211. The third kappa shape index (κ3) is 2.97. The lowest BCUT2D eigenvalue weighted by molar-refractivity contribution is 0.0745. The molecule has 0 fully saturated rings. The number of aromatic nitrogens is 2. The van der Waals surface area contributed by atoms with Gasteiger partial charge in [-0.2, -0.15) is 5.10 Å². The van der Waals surface area contributed by atoms with E-state index in [1.54, 1.807) is 18.2 Å². The Hall–Kier alpha value is -2.82. The Morgan fingerprint density at radius 1 is 1.25 bits per heavy atom. The number of amides is 1. The Morgan fingerprint density at radius 3 is 2.83 bits per heavy atom. The maximum atomic E-state index is 12.9. The maximum absolute atomic E-state index is 12.9. The number of carbonyl (C=O) groups is 1. The molecule has 5 nitrogen and oxygen atoms in total. The first kappa shape index (κ1) is 16.1. The molecule has 1 N–H and O–H groups in total. The van der Waals surface area contributed by atoms with E-state index in [1.807, 2.05) is 56.4 Å². The van der Waals surface area contributed by atoms with E-state index >= 15 is 0 Å². The number of nitrogens with zero attached hydrogens (tertiary/aromatic N) is 2. The summed E-state index contributed by atoms with van der Waals surface area (Å²) < 4.78 is 5.40. The number of hydrogen-bond donors (Lipinski definition) is 1. The molecule has 3 rings (SSSR count). The van der Waals surface area contributed by atoms with Crippen LogP contribution in [0.25, 0.3) is 10.9 Å². The van der Waals surface area contributed by atoms with Crippen molar-refractivity contribution in [2.75, 3.05) is 14.2 Å². The van der Waals surface area contributed by atoms with Gasteiger partial charge >= 0.3 is 0 Å². The number of para-hydroxylation sites is 2. The summed E-state index contributed by atoms with van der Waals surface area (Å²) in [7, 11) is 3.49. The Balaban J connectivity index is 1.81. The Kier molecular flexibility index (Phi) is 4.51. The molecule has 0 aliphatic heterocycles. The quantitative estimate of drug-likeness (QED) is 0.784. The minimum Gasteiger partial charge on any atom is -0.496 e. The highest BCUT2D eigenvalue weighted by molar-refractivity contribution is 6.05. The topological polar surface area (TPSA) is 58.2 Å². The SMILES string of the molecule is COc1ccccc1C[C@H](C)N(C)C(=O)c1cccc2cn[nH]c12. The lowest BCUT2D eigenvalue weighted by Crippen LogP contribution is -2.36. The molecular formula is C19H21N3O2. The summed E-state index contributed by atoms with van der Waals surface area (Å²) in [5.74, 6) is 0.827. The summed E-state index contributed by atoms with van der Waals surface area (Å²) in [5.41, 5.74) is 2.50. The number of ether oxygens (including phenoxy) is 1. The van der Waals surface area contributed by atoms with Gasteiger partial charge in [-0.1, -0.05) is 30.3 Å². The smallest absolute Gasteiger partial charge is 0.256 e. The molecule has 0 unspecified atom stereocenters. The second-order valence-corrected chi connectivity index (χ2v) is 5.92. The van der Waals surface area contributed by atoms with Crippen LogP contribution in [0.3, 0.4) is 0 Å². The summed E-state index contributed by atoms with van der Waals surface area (Å²) in [6, 6.07) is 13.6. The molecule has 124 valence electrons. The highest BCUT2D eigenvalue weighted by atomic mass is 16.5. The molecule has 5 heteroatoms. The van der Waals surface area contributed by atoms with Crippen LogP contribution >= 0.6 is 0 Å². The minimum atomic E-state index is -0.0211. The lowest BCUT2D eigenvalue weighted by Gasteiger charge is -2.26. The number of nitrogens with one attached hydrogen (secondary N) is 1. The number of aromatic amines is 1. The summed E-state index contributed by atoms with van der Waals surface area (Å²) in [4.78, 5) is 14.7. The molecule has 0 aliphatic rings. The lowest BCUT2D eigenvalue weighted by atomic mass is 10.0. The Labute approximate surface area is 141 Å². The predicted molar refractivity (Wildman–Crippen MR) is 94.3 cm³/mol. The molecule has 1 amide bonds. The average Bonchev–Trinajstić information content (AvgIpc) is 3.09. The monoisotopic (exact) mass is 323 g/mol. The molecule has 1 atom stereocenters. The third-order valence-corrected chi connectivity index (χ3v) is 4.40. The molecule has 0 spiro atoms. The van der Waals surface area contributed by atoms with Crippen LogP contribution in [0.2, 0.25) is 0 Å². The second-order valence-electron chi connectivity index (χ2n) is 5.92. The largest absolute Gasteiger partial charge is 0.496 e. The fourth-order valence-electron chi connectivity index (χ4n) is 2.86. The fraction of sp³-hybridized carbons (Fsp3) is 0.263. The molecule has 0 aliphatic carbocycles. The van der Waals surface area contributed by atoms with Gasteiger partial charge in [0.25, 0.3) is 5.91 Å². The van der Waals surface area contributed by atoms with Crippen molar-refractivity contribution in [3.05, 3.63) is 59.8 Å². The number of likely N-dealkylation sites (N-methyl/N-ethyl adjacent to an activating group) is 1. The van der Waals surface area contributed by atoms with Gasteiger partial charge in [0.05, 0.1) is 24.4 Å². The summed E-state index contributed by atoms with van der Waals surface area (Å²) >= 11 is 0. The van der Waals surface area contributed by atoms with Crippen molar-refractivity contribution in [2.45, 2.75) is 19.4 Å². The van der Waals surface area contributed by atoms with E-state index in [1.165, 1.54) is 0 Å². The van der Waals surface area contributed by atoms with Crippen LogP contribution in [0.5, 0.6) is 5.75 Å². The first-order valence-electron chi connectivity index (χ1n) is 7.93. The molecule has 0 saturated heterocycles. The van der Waals surface area contributed by atoms with Gasteiger partial charge in [-0.05, 0) is 31.0 Å². The van der Waals surface area contributed by atoms with Crippen LogP contribution < -0.4 is 4.74 Å². The number of H-pyrrole nitrogens is 1. The Morgan fingerprint density at radius 2 is 2.04 bits per heavy atom. The molecule has 24 heavy (non-hydrogen) atoms. The van der Waals surface area contributed by atoms with E-state index in [9.17, 15) is 4.79 Å². The highest BCUT2D eigenvalue weighted by Crippen LogP contribution is 2.22. The van der Waals surface area contributed by atoms with Crippen LogP contribution in [0, 0.1) is 0 Å². The number of rotatable bonds is 5. The molecular weight excluding hydrogens is 302 g/mol. The van der Waals surface area contributed by atoms with Gasteiger partial charge < -0.3 is 9.64 Å². The van der Waals surface area contributed by atoms with Gasteiger partial charge in [0.15, 0.2) is 0 Å². The van der Waals surface area contributed by atoms with E-state index in [2.05, 4.69) is 10.2 Å². The van der Waals surface area contributed by atoms with Crippen LogP contribution in [0.1, 0.15) is 22.8 Å². The van der Waals surface area contributed by atoms with E-state index in [-0.39, 0.29) is 11.9 Å². The zero-order valence-corrected chi connectivity index (χ0v) is 14.1. The van der Waals surface area contributed by atoms with E-state index in [0.29, 0.717) is 5.56 Å². The van der Waals surface area contributed by atoms with E-state index in [0.717, 1.165) is 28.6 Å². The molecule has 1 aromatic heterocycles. The third-order valence-electron chi connectivity index (χ3n) is 4.40. The van der Waals surface area contributed by atoms with Gasteiger partial charge in [-0.3, -0.25) is 9.89 Å². The van der Waals surface area contributed by atoms with Gasteiger partial charge in [-0.25, -0.2) is 0 Å².